The second-order valence-electron chi connectivity index (χ2n) is 13.0. The number of unbranched alkanes of at least 4 members (excludes halogenated alkanes) is 10. The van der Waals surface area contributed by atoms with E-state index in [2.05, 4.69) is 62.5 Å². The van der Waals surface area contributed by atoms with Crippen molar-refractivity contribution in [3.05, 3.63) is 48.6 Å². The minimum Gasteiger partial charge on any atom is -0.457 e. The molecule has 51 heavy (non-hydrogen) atoms. The molecule has 1 aliphatic rings. The van der Waals surface area contributed by atoms with Gasteiger partial charge in [0.1, 0.15) is 42.7 Å². The van der Waals surface area contributed by atoms with Gasteiger partial charge in [0.2, 0.25) is 0 Å². The Labute approximate surface area is 305 Å². The normalized spacial score (nSPS) is 24.6. The summed E-state index contributed by atoms with van der Waals surface area (Å²) in [6.45, 7) is 3.99. The van der Waals surface area contributed by atoms with Gasteiger partial charge < -0.3 is 39.9 Å². The number of aliphatic hydroxyl groups is 5. The Morgan fingerprint density at radius 3 is 1.78 bits per heavy atom. The van der Waals surface area contributed by atoms with E-state index in [1.54, 1.807) is 0 Å². The molecule has 1 saturated carbocycles. The molecule has 0 bridgehead atoms. The van der Waals surface area contributed by atoms with E-state index in [1.165, 1.54) is 19.3 Å². The van der Waals surface area contributed by atoms with Crippen molar-refractivity contribution in [1.29, 1.82) is 0 Å². The number of carbonyl (C=O) groups is 1. The fourth-order valence-electron chi connectivity index (χ4n) is 5.37. The van der Waals surface area contributed by atoms with E-state index >= 15 is 0 Å². The molecule has 6 atom stereocenters. The molecule has 296 valence electrons. The molecule has 1 fully saturated rings. The first-order valence-corrected chi connectivity index (χ1v) is 20.5. The monoisotopic (exact) mass is 746 g/mol. The van der Waals surface area contributed by atoms with Crippen molar-refractivity contribution in [3.8, 4) is 0 Å². The zero-order valence-electron chi connectivity index (χ0n) is 30.9. The van der Waals surface area contributed by atoms with Crippen molar-refractivity contribution in [3.63, 3.8) is 0 Å². The van der Waals surface area contributed by atoms with Crippen LogP contribution in [0.25, 0.3) is 0 Å². The lowest BCUT2D eigenvalue weighted by atomic mass is 9.85. The average Bonchev–Trinajstić information content (AvgIpc) is 3.11. The first kappa shape index (κ1) is 47.3. The van der Waals surface area contributed by atoms with Gasteiger partial charge in [-0.3, -0.25) is 13.8 Å². The van der Waals surface area contributed by atoms with Gasteiger partial charge in [-0.25, -0.2) is 4.57 Å². The fraction of sp³-hybridized carbons (Fsp3) is 0.763. The standard InChI is InChI=1S/C38H67O12P/c1-3-5-7-9-11-13-15-16-17-19-21-23-25-27-32(39)49-31(29-47-28-26-24-22-20-18-14-12-10-8-6-4-2)30-48-51(45,46)50-38-36(43)34(41)33(40)35(42)37(38)44/h5,7-8,10-11,13,16-17,31,33-38,40-44H,3-4,6,9,12,14-15,18-30H2,1-2H3,(H,45,46)/b7-5-,10-8-,13-11-,17-16-. The van der Waals surface area contributed by atoms with Gasteiger partial charge in [-0.05, 0) is 64.2 Å². The maximum absolute atomic E-state index is 12.7. The van der Waals surface area contributed by atoms with Crippen molar-refractivity contribution in [2.75, 3.05) is 19.8 Å². The summed E-state index contributed by atoms with van der Waals surface area (Å²) in [5.41, 5.74) is 0. The van der Waals surface area contributed by atoms with Gasteiger partial charge in [0, 0.05) is 13.0 Å². The topological polar surface area (TPSA) is 192 Å². The third-order valence-electron chi connectivity index (χ3n) is 8.42. The Hall–Kier alpha value is -1.70. The SMILES string of the molecule is CC/C=C\C/C=C\C/C=C\CCCCCC(=O)OC(COCCCCCCCC/C=C\CCC)COP(=O)(O)OC1C(O)C(O)C(O)C(O)C1O. The molecule has 0 spiro atoms. The Morgan fingerprint density at radius 2 is 1.16 bits per heavy atom. The molecule has 0 aromatic carbocycles. The molecule has 6 unspecified atom stereocenters. The van der Waals surface area contributed by atoms with Crippen molar-refractivity contribution >= 4 is 13.8 Å². The highest BCUT2D eigenvalue weighted by Crippen LogP contribution is 2.47. The van der Waals surface area contributed by atoms with Gasteiger partial charge in [0.25, 0.3) is 0 Å². The van der Waals surface area contributed by atoms with Gasteiger partial charge in [0.15, 0.2) is 0 Å². The molecule has 0 radical (unpaired) electrons. The van der Waals surface area contributed by atoms with E-state index in [9.17, 15) is 39.8 Å². The first-order chi connectivity index (χ1) is 24.5. The highest BCUT2D eigenvalue weighted by atomic mass is 31.2. The number of phosphoric acid groups is 1. The Kier molecular flexibility index (Phi) is 27.6. The number of phosphoric ester groups is 1. The number of aliphatic hydroxyl groups excluding tert-OH is 5. The molecular formula is C38H67O12P. The molecule has 0 heterocycles. The van der Waals surface area contributed by atoms with Crippen LogP contribution in [-0.2, 0) is 27.9 Å². The Morgan fingerprint density at radius 1 is 0.647 bits per heavy atom. The summed E-state index contributed by atoms with van der Waals surface area (Å²) in [7, 11) is -5.02. The van der Waals surface area contributed by atoms with Crippen LogP contribution in [0.1, 0.15) is 123 Å². The predicted octanol–water partition coefficient (Wildman–Crippen LogP) is 6.13. The first-order valence-electron chi connectivity index (χ1n) is 19.0. The lowest BCUT2D eigenvalue weighted by Gasteiger charge is -2.41. The van der Waals surface area contributed by atoms with Gasteiger partial charge in [-0.1, -0.05) is 101 Å². The summed E-state index contributed by atoms with van der Waals surface area (Å²) in [5, 5.41) is 49.9. The molecule has 12 nitrogen and oxygen atoms in total. The molecule has 1 aliphatic carbocycles. The highest BCUT2D eigenvalue weighted by Gasteiger charge is 2.51. The van der Waals surface area contributed by atoms with Gasteiger partial charge in [-0.2, -0.15) is 0 Å². The summed E-state index contributed by atoms with van der Waals surface area (Å²) in [5.74, 6) is -0.512. The third kappa shape index (κ3) is 22.9. The minimum atomic E-state index is -5.02. The quantitative estimate of drug-likeness (QED) is 0.0214. The number of rotatable bonds is 30. The van der Waals surface area contributed by atoms with E-state index in [1.807, 2.05) is 0 Å². The molecule has 0 saturated heterocycles. The fourth-order valence-corrected chi connectivity index (χ4v) is 6.34. The van der Waals surface area contributed by atoms with Crippen LogP contribution in [0.15, 0.2) is 48.6 Å². The lowest BCUT2D eigenvalue weighted by Crippen LogP contribution is -2.64. The minimum absolute atomic E-state index is 0.0950. The number of allylic oxidation sites excluding steroid dienone is 8. The van der Waals surface area contributed by atoms with Crippen molar-refractivity contribution in [2.45, 2.75) is 166 Å². The number of carbonyl (C=O) groups excluding carboxylic acids is 1. The third-order valence-corrected chi connectivity index (χ3v) is 9.40. The molecule has 6 N–H and O–H groups in total. The molecule has 0 amide bonds. The zero-order chi connectivity index (χ0) is 37.7. The van der Waals surface area contributed by atoms with Gasteiger partial charge in [0.05, 0.1) is 13.2 Å². The van der Waals surface area contributed by atoms with Crippen LogP contribution in [-0.4, -0.2) is 98.9 Å². The summed E-state index contributed by atoms with van der Waals surface area (Å²) < 4.78 is 33.9. The van der Waals surface area contributed by atoms with E-state index in [0.717, 1.165) is 77.0 Å². The molecule has 1 rings (SSSR count). The Balaban J connectivity index is 2.52. The number of ether oxygens (including phenoxy) is 2. The molecule has 0 aromatic rings. The average molecular weight is 747 g/mol. The maximum Gasteiger partial charge on any atom is 0.472 e. The van der Waals surface area contributed by atoms with Gasteiger partial charge >= 0.3 is 13.8 Å². The summed E-state index contributed by atoms with van der Waals surface area (Å²) in [6.07, 6.45) is 20.6. The summed E-state index contributed by atoms with van der Waals surface area (Å²) in [4.78, 5) is 23.0. The highest BCUT2D eigenvalue weighted by molar-refractivity contribution is 7.47. The van der Waals surface area contributed by atoms with Crippen LogP contribution in [0.5, 0.6) is 0 Å². The largest absolute Gasteiger partial charge is 0.472 e. The van der Waals surface area contributed by atoms with Crippen LogP contribution in [0.3, 0.4) is 0 Å². The van der Waals surface area contributed by atoms with E-state index in [4.69, 9.17) is 18.5 Å². The molecular weight excluding hydrogens is 679 g/mol. The van der Waals surface area contributed by atoms with Crippen LogP contribution >= 0.6 is 7.82 Å². The molecule has 0 aromatic heterocycles. The number of hydrogen-bond acceptors (Lipinski definition) is 11. The van der Waals surface area contributed by atoms with Crippen molar-refractivity contribution in [1.82, 2.24) is 0 Å². The Bertz CT molecular complexity index is 1030. The predicted molar refractivity (Wildman–Crippen MR) is 198 cm³/mol. The van der Waals surface area contributed by atoms with Crippen LogP contribution in [0, 0.1) is 0 Å². The summed E-state index contributed by atoms with van der Waals surface area (Å²) >= 11 is 0. The van der Waals surface area contributed by atoms with E-state index in [0.29, 0.717) is 13.0 Å². The van der Waals surface area contributed by atoms with E-state index in [-0.39, 0.29) is 13.0 Å². The lowest BCUT2D eigenvalue weighted by molar-refractivity contribution is -0.220. The summed E-state index contributed by atoms with van der Waals surface area (Å²) in [6, 6.07) is 0. The van der Waals surface area contributed by atoms with Crippen LogP contribution in [0.2, 0.25) is 0 Å². The second kappa shape index (κ2) is 29.7. The number of esters is 1. The van der Waals surface area contributed by atoms with Crippen LogP contribution < -0.4 is 0 Å². The number of hydrogen-bond donors (Lipinski definition) is 6. The smallest absolute Gasteiger partial charge is 0.457 e. The molecule has 13 heteroatoms. The van der Waals surface area contributed by atoms with Crippen molar-refractivity contribution in [2.24, 2.45) is 0 Å². The maximum atomic E-state index is 12.7. The van der Waals surface area contributed by atoms with E-state index < -0.39 is 63.1 Å². The van der Waals surface area contributed by atoms with Gasteiger partial charge in [-0.15, -0.1) is 0 Å². The van der Waals surface area contributed by atoms with Crippen molar-refractivity contribution < 1.29 is 58.3 Å². The van der Waals surface area contributed by atoms with Crippen LogP contribution in [0.4, 0.5) is 0 Å². The second-order valence-corrected chi connectivity index (χ2v) is 14.4. The zero-order valence-corrected chi connectivity index (χ0v) is 31.8. The molecule has 0 aliphatic heterocycles.